The number of hydrogen-bond acceptors (Lipinski definition) is 2. The van der Waals surface area contributed by atoms with Crippen molar-refractivity contribution in [3.05, 3.63) is 150 Å². The highest BCUT2D eigenvalue weighted by atomic mass is 79.9. The molecule has 0 radical (unpaired) electrons. The van der Waals surface area contributed by atoms with Gasteiger partial charge in [-0.15, -0.1) is 0 Å². The van der Waals surface area contributed by atoms with Crippen molar-refractivity contribution >= 4 is 29.1 Å². The van der Waals surface area contributed by atoms with E-state index in [0.717, 1.165) is 11.7 Å². The molecule has 3 rings (SSSR count). The lowest BCUT2D eigenvalue weighted by atomic mass is 10.2. The summed E-state index contributed by atoms with van der Waals surface area (Å²) in [6.45, 7) is 8.16. The maximum Gasteiger partial charge on any atom is 0.333 e. The van der Waals surface area contributed by atoms with Gasteiger partial charge in [-0.25, -0.2) is 4.79 Å². The Labute approximate surface area is 245 Å². The molecule has 3 aromatic rings. The Morgan fingerprint density at radius 2 is 1.13 bits per heavy atom. The lowest BCUT2D eigenvalue weighted by Crippen LogP contribution is -3.00. The van der Waals surface area contributed by atoms with Crippen molar-refractivity contribution in [3.63, 3.8) is 0 Å². The summed E-state index contributed by atoms with van der Waals surface area (Å²) in [7, 11) is -1.88. The molecule has 0 aliphatic carbocycles. The summed E-state index contributed by atoms with van der Waals surface area (Å²) >= 11 is 0. The number of allylic oxidation sites excluding steroid dienone is 9. The maximum atomic E-state index is 11.7. The highest BCUT2D eigenvalue weighted by molar-refractivity contribution is 7.95. The van der Waals surface area contributed by atoms with Crippen LogP contribution in [-0.4, -0.2) is 18.7 Å². The third-order valence-corrected chi connectivity index (χ3v) is 10.6. The van der Waals surface area contributed by atoms with Crippen molar-refractivity contribution in [3.8, 4) is 0 Å². The van der Waals surface area contributed by atoms with Crippen molar-refractivity contribution in [1.82, 2.24) is 0 Å². The zero-order chi connectivity index (χ0) is 27.2. The van der Waals surface area contributed by atoms with Crippen LogP contribution in [0.2, 0.25) is 0 Å². The van der Waals surface area contributed by atoms with Crippen LogP contribution >= 0.6 is 7.26 Å². The zero-order valence-electron chi connectivity index (χ0n) is 23.3. The highest BCUT2D eigenvalue weighted by Gasteiger charge is 2.44. The van der Waals surface area contributed by atoms with E-state index in [1.807, 2.05) is 26.0 Å². The number of carbonyl (C=O) groups excluding carboxylic acids is 1. The van der Waals surface area contributed by atoms with E-state index in [9.17, 15) is 4.79 Å². The summed E-state index contributed by atoms with van der Waals surface area (Å²) in [4.78, 5) is 11.7. The molecule has 39 heavy (non-hydrogen) atoms. The van der Waals surface area contributed by atoms with E-state index < -0.39 is 7.26 Å². The Kier molecular flexibility index (Phi) is 13.6. The molecule has 0 heterocycles. The van der Waals surface area contributed by atoms with Crippen LogP contribution in [0.4, 0.5) is 0 Å². The van der Waals surface area contributed by atoms with Crippen LogP contribution in [0.1, 0.15) is 27.7 Å². The third kappa shape index (κ3) is 9.17. The number of hydrogen-bond donors (Lipinski definition) is 0. The minimum Gasteiger partial charge on any atom is -1.00 e. The van der Waals surface area contributed by atoms with Crippen LogP contribution in [0, 0.1) is 0 Å². The monoisotopic (exact) mass is 600 g/mol. The molecule has 3 aromatic carbocycles. The minimum atomic E-state index is -1.88. The van der Waals surface area contributed by atoms with E-state index in [1.165, 1.54) is 21.5 Å². The third-order valence-electron chi connectivity index (χ3n) is 6.30. The van der Waals surface area contributed by atoms with E-state index in [2.05, 4.69) is 122 Å². The fraction of sp³-hybridized carbons (Fsp3) is 0.171. The quantitative estimate of drug-likeness (QED) is 0.140. The molecule has 0 spiro atoms. The van der Waals surface area contributed by atoms with Crippen LogP contribution in [0.3, 0.4) is 0 Å². The topological polar surface area (TPSA) is 26.3 Å². The van der Waals surface area contributed by atoms with Gasteiger partial charge in [-0.1, -0.05) is 102 Å². The zero-order valence-corrected chi connectivity index (χ0v) is 25.7. The maximum absolute atomic E-state index is 11.7. The van der Waals surface area contributed by atoms with Crippen molar-refractivity contribution < 1.29 is 26.5 Å². The molecule has 0 fully saturated rings. The average molecular weight is 602 g/mol. The first-order chi connectivity index (χ1) is 18.5. The minimum absolute atomic E-state index is 0. The van der Waals surface area contributed by atoms with E-state index in [-0.39, 0.29) is 23.0 Å². The molecule has 0 unspecified atom stereocenters. The molecule has 0 N–H and O–H groups in total. The molecular formula is C35H38BrO2P. The number of benzene rings is 3. The van der Waals surface area contributed by atoms with E-state index in [0.29, 0.717) is 12.2 Å². The van der Waals surface area contributed by atoms with Gasteiger partial charge in [0, 0.05) is 5.57 Å². The predicted molar refractivity (Wildman–Crippen MR) is 166 cm³/mol. The molecule has 0 amide bonds. The fourth-order valence-corrected chi connectivity index (χ4v) is 8.36. The molecule has 0 atom stereocenters. The molecule has 202 valence electrons. The summed E-state index contributed by atoms with van der Waals surface area (Å²) < 4.78 is 5.01. The van der Waals surface area contributed by atoms with Gasteiger partial charge in [-0.3, -0.25) is 0 Å². The summed E-state index contributed by atoms with van der Waals surface area (Å²) in [5.41, 5.74) is 2.91. The second-order valence-electron chi connectivity index (χ2n) is 9.15. The molecule has 0 bridgehead atoms. The van der Waals surface area contributed by atoms with Crippen molar-refractivity contribution in [1.29, 1.82) is 0 Å². The van der Waals surface area contributed by atoms with Gasteiger partial charge in [-0.2, -0.15) is 0 Å². The molecule has 0 saturated heterocycles. The molecule has 4 heteroatoms. The van der Waals surface area contributed by atoms with Crippen LogP contribution in [0.15, 0.2) is 150 Å². The van der Waals surface area contributed by atoms with Crippen LogP contribution in [-0.2, 0) is 9.53 Å². The van der Waals surface area contributed by atoms with Gasteiger partial charge in [0.15, 0.2) is 0 Å². The highest BCUT2D eigenvalue weighted by Crippen LogP contribution is 2.55. The molecule has 2 nitrogen and oxygen atoms in total. The van der Waals surface area contributed by atoms with Crippen LogP contribution < -0.4 is 32.9 Å². The smallest absolute Gasteiger partial charge is 0.333 e. The number of ether oxygens (including phenoxy) is 1. The number of carbonyl (C=O) groups is 1. The van der Waals surface area contributed by atoms with E-state index in [4.69, 9.17) is 4.74 Å². The molecule has 0 aliphatic heterocycles. The molecule has 0 aliphatic rings. The van der Waals surface area contributed by atoms with Crippen molar-refractivity contribution in [2.45, 2.75) is 27.7 Å². The Bertz CT molecular complexity index is 1220. The first kappa shape index (κ1) is 32.0. The van der Waals surface area contributed by atoms with Gasteiger partial charge in [0.2, 0.25) is 0 Å². The first-order valence-electron chi connectivity index (χ1n) is 13.1. The normalized spacial score (nSPS) is 13.0. The summed E-state index contributed by atoms with van der Waals surface area (Å²) in [6, 6.07) is 32.9. The van der Waals surface area contributed by atoms with Gasteiger partial charge < -0.3 is 21.7 Å². The second kappa shape index (κ2) is 16.6. The lowest BCUT2D eigenvalue weighted by Gasteiger charge is -2.26. The molecule has 0 aromatic heterocycles. The van der Waals surface area contributed by atoms with Gasteiger partial charge in [0.05, 0.1) is 12.8 Å². The lowest BCUT2D eigenvalue weighted by molar-refractivity contribution is -0.138. The largest absolute Gasteiger partial charge is 1.00 e. The standard InChI is InChI=1S/C35H38O2P.BrH/c1-5-37-35(36)31(4)20-16-19-29(2)17-15-18-30(3)27-28-38(32-21-9-6-10-22-32,33-23-11-7-12-24-33)34-25-13-8-14-26-34;/h6-27H,5,28H2,1-4H3;1H/q+1;/p-1. The first-order valence-corrected chi connectivity index (χ1v) is 15.0. The molecule has 0 saturated carbocycles. The van der Waals surface area contributed by atoms with E-state index >= 15 is 0 Å². The summed E-state index contributed by atoms with van der Waals surface area (Å²) in [6.07, 6.45) is 15.3. The number of rotatable bonds is 11. The Hall–Kier alpha value is -3.26. The number of halogens is 1. The Morgan fingerprint density at radius 1 is 0.692 bits per heavy atom. The van der Waals surface area contributed by atoms with Gasteiger partial charge in [0.25, 0.3) is 0 Å². The van der Waals surface area contributed by atoms with Gasteiger partial charge in [0.1, 0.15) is 23.2 Å². The predicted octanol–water partition coefficient (Wildman–Crippen LogP) is 4.50. The van der Waals surface area contributed by atoms with Crippen LogP contribution in [0.25, 0.3) is 0 Å². The summed E-state index contributed by atoms with van der Waals surface area (Å²) in [5, 5.41) is 4.16. The van der Waals surface area contributed by atoms with Crippen LogP contribution in [0.5, 0.6) is 0 Å². The number of esters is 1. The fourth-order valence-electron chi connectivity index (χ4n) is 4.22. The van der Waals surface area contributed by atoms with Crippen molar-refractivity contribution in [2.75, 3.05) is 12.8 Å². The van der Waals surface area contributed by atoms with Gasteiger partial charge >= 0.3 is 5.97 Å². The average Bonchev–Trinajstić information content (AvgIpc) is 2.95. The van der Waals surface area contributed by atoms with Crippen molar-refractivity contribution in [2.24, 2.45) is 0 Å². The summed E-state index contributed by atoms with van der Waals surface area (Å²) in [5.74, 6) is -0.278. The van der Waals surface area contributed by atoms with E-state index in [1.54, 1.807) is 13.0 Å². The SMILES string of the molecule is CCOC(=O)C(C)=CC=CC(C)=CC=CC(C)=CC[P+](c1ccccc1)(c1ccccc1)c1ccccc1.[Br-]. The molecular weight excluding hydrogens is 563 g/mol. The Balaban J connectivity index is 0.00000533. The second-order valence-corrected chi connectivity index (χ2v) is 12.7. The Morgan fingerprint density at radius 3 is 1.59 bits per heavy atom. The van der Waals surface area contributed by atoms with Gasteiger partial charge in [-0.05, 0) is 70.2 Å².